The van der Waals surface area contributed by atoms with Crippen molar-refractivity contribution in [2.24, 2.45) is 5.92 Å². The molecule has 1 atom stereocenters. The number of hydrogen-bond donors (Lipinski definition) is 2. The Morgan fingerprint density at radius 2 is 1.78 bits per heavy atom. The summed E-state index contributed by atoms with van der Waals surface area (Å²) >= 11 is 0. The van der Waals surface area contributed by atoms with E-state index in [4.69, 9.17) is 0 Å². The van der Waals surface area contributed by atoms with Crippen molar-refractivity contribution in [2.45, 2.75) is 19.9 Å². The Morgan fingerprint density at radius 3 is 2.39 bits per heavy atom. The van der Waals surface area contributed by atoms with Crippen molar-refractivity contribution in [2.75, 3.05) is 5.32 Å². The van der Waals surface area contributed by atoms with Crippen LogP contribution in [0.2, 0.25) is 0 Å². The first-order chi connectivity index (χ1) is 11.0. The SMILES string of the molecule is CC(C)[C@H](NC(=O)Nc1cccc([N+](=O)[O-])c1)c1ccccc1. The average molecular weight is 313 g/mol. The van der Waals surface area contributed by atoms with Gasteiger partial charge in [0, 0.05) is 17.8 Å². The fourth-order valence-corrected chi connectivity index (χ4v) is 2.30. The number of nitrogens with zero attached hydrogens (tertiary/aromatic N) is 1. The van der Waals surface area contributed by atoms with Crippen LogP contribution in [0.4, 0.5) is 16.2 Å². The molecule has 0 aliphatic carbocycles. The number of urea groups is 1. The molecule has 0 aliphatic rings. The van der Waals surface area contributed by atoms with E-state index < -0.39 is 11.0 Å². The van der Waals surface area contributed by atoms with Crippen molar-refractivity contribution < 1.29 is 9.72 Å². The molecule has 0 saturated heterocycles. The van der Waals surface area contributed by atoms with E-state index in [0.29, 0.717) is 5.69 Å². The monoisotopic (exact) mass is 313 g/mol. The van der Waals surface area contributed by atoms with Gasteiger partial charge in [0.15, 0.2) is 0 Å². The lowest BCUT2D eigenvalue weighted by Crippen LogP contribution is -2.35. The summed E-state index contributed by atoms with van der Waals surface area (Å²) in [5, 5.41) is 16.3. The molecule has 0 aromatic heterocycles. The third-order valence-electron chi connectivity index (χ3n) is 3.43. The van der Waals surface area contributed by atoms with E-state index in [2.05, 4.69) is 10.6 Å². The smallest absolute Gasteiger partial charge is 0.319 e. The Balaban J connectivity index is 2.08. The molecule has 2 N–H and O–H groups in total. The topological polar surface area (TPSA) is 84.3 Å². The van der Waals surface area contributed by atoms with E-state index in [0.717, 1.165) is 5.56 Å². The van der Waals surface area contributed by atoms with Gasteiger partial charge in [-0.1, -0.05) is 50.2 Å². The van der Waals surface area contributed by atoms with E-state index in [1.54, 1.807) is 6.07 Å². The minimum atomic E-state index is -0.496. The summed E-state index contributed by atoms with van der Waals surface area (Å²) in [6.07, 6.45) is 0. The average Bonchev–Trinajstić information content (AvgIpc) is 2.53. The first-order valence-electron chi connectivity index (χ1n) is 7.34. The number of nitrogens with one attached hydrogen (secondary N) is 2. The van der Waals surface area contributed by atoms with E-state index in [1.165, 1.54) is 18.2 Å². The highest BCUT2D eigenvalue weighted by Crippen LogP contribution is 2.22. The predicted molar refractivity (Wildman–Crippen MR) is 89.3 cm³/mol. The quantitative estimate of drug-likeness (QED) is 0.643. The first kappa shape index (κ1) is 16.5. The van der Waals surface area contributed by atoms with Crippen molar-refractivity contribution in [3.05, 3.63) is 70.3 Å². The molecular formula is C17H19N3O3. The van der Waals surface area contributed by atoms with Crippen molar-refractivity contribution in [3.8, 4) is 0 Å². The number of carbonyl (C=O) groups is 1. The summed E-state index contributed by atoms with van der Waals surface area (Å²) in [6, 6.07) is 15.0. The lowest BCUT2D eigenvalue weighted by molar-refractivity contribution is -0.384. The molecule has 6 heteroatoms. The van der Waals surface area contributed by atoms with Crippen LogP contribution in [0.15, 0.2) is 54.6 Å². The van der Waals surface area contributed by atoms with Crippen molar-refractivity contribution in [1.29, 1.82) is 0 Å². The largest absolute Gasteiger partial charge is 0.331 e. The predicted octanol–water partition coefficient (Wildman–Crippen LogP) is 4.11. The minimum absolute atomic E-state index is 0.0636. The second-order valence-electron chi connectivity index (χ2n) is 5.54. The number of carbonyl (C=O) groups excluding carboxylic acids is 1. The van der Waals surface area contributed by atoms with Gasteiger partial charge in [-0.05, 0) is 17.5 Å². The lowest BCUT2D eigenvalue weighted by Gasteiger charge is -2.23. The molecule has 120 valence electrons. The molecule has 2 aromatic carbocycles. The highest BCUT2D eigenvalue weighted by molar-refractivity contribution is 5.89. The third kappa shape index (κ3) is 4.54. The molecule has 0 fully saturated rings. The zero-order chi connectivity index (χ0) is 16.8. The van der Waals surface area contributed by atoms with Gasteiger partial charge in [-0.3, -0.25) is 10.1 Å². The molecule has 0 aliphatic heterocycles. The number of amides is 2. The summed E-state index contributed by atoms with van der Waals surface area (Å²) in [4.78, 5) is 22.5. The highest BCUT2D eigenvalue weighted by atomic mass is 16.6. The van der Waals surface area contributed by atoms with E-state index in [9.17, 15) is 14.9 Å². The Kier molecular flexibility index (Phi) is 5.30. The van der Waals surface area contributed by atoms with Crippen molar-refractivity contribution >= 4 is 17.4 Å². The number of anilines is 1. The summed E-state index contributed by atoms with van der Waals surface area (Å²) in [5.74, 6) is 0.202. The fourth-order valence-electron chi connectivity index (χ4n) is 2.30. The summed E-state index contributed by atoms with van der Waals surface area (Å²) < 4.78 is 0. The molecule has 0 unspecified atom stereocenters. The molecule has 0 saturated carbocycles. The van der Waals surface area contributed by atoms with Crippen LogP contribution in [0.5, 0.6) is 0 Å². The molecule has 2 rings (SSSR count). The van der Waals surface area contributed by atoms with E-state index in [-0.39, 0.29) is 17.6 Å². The van der Waals surface area contributed by atoms with Gasteiger partial charge in [-0.2, -0.15) is 0 Å². The van der Waals surface area contributed by atoms with Gasteiger partial charge < -0.3 is 10.6 Å². The van der Waals surface area contributed by atoms with Crippen LogP contribution in [0.3, 0.4) is 0 Å². The van der Waals surface area contributed by atoms with Gasteiger partial charge in [0.05, 0.1) is 11.0 Å². The van der Waals surface area contributed by atoms with Gasteiger partial charge in [0.25, 0.3) is 5.69 Å². The van der Waals surface area contributed by atoms with E-state index >= 15 is 0 Å². The Labute approximate surface area is 134 Å². The second kappa shape index (κ2) is 7.40. The molecule has 0 spiro atoms. The van der Waals surface area contributed by atoms with E-state index in [1.807, 2.05) is 44.2 Å². The third-order valence-corrected chi connectivity index (χ3v) is 3.43. The van der Waals surface area contributed by atoms with Crippen LogP contribution in [0.1, 0.15) is 25.5 Å². The van der Waals surface area contributed by atoms with Gasteiger partial charge in [-0.25, -0.2) is 4.79 Å². The van der Waals surface area contributed by atoms with Crippen LogP contribution >= 0.6 is 0 Å². The van der Waals surface area contributed by atoms with Gasteiger partial charge in [0.2, 0.25) is 0 Å². The number of nitro groups is 1. The molecule has 0 bridgehead atoms. The normalized spacial score (nSPS) is 11.8. The minimum Gasteiger partial charge on any atom is -0.331 e. The maximum absolute atomic E-state index is 12.2. The zero-order valence-corrected chi connectivity index (χ0v) is 13.0. The number of non-ortho nitro benzene ring substituents is 1. The van der Waals surface area contributed by atoms with Crippen LogP contribution in [0, 0.1) is 16.0 Å². The lowest BCUT2D eigenvalue weighted by atomic mass is 9.96. The molecular weight excluding hydrogens is 294 g/mol. The Hall–Kier alpha value is -2.89. The van der Waals surface area contributed by atoms with Gasteiger partial charge >= 0.3 is 6.03 Å². The van der Waals surface area contributed by atoms with Crippen LogP contribution in [-0.4, -0.2) is 11.0 Å². The summed E-state index contributed by atoms with van der Waals surface area (Å²) in [5.41, 5.74) is 1.33. The number of nitro benzene ring substituents is 1. The highest BCUT2D eigenvalue weighted by Gasteiger charge is 2.18. The molecule has 0 radical (unpaired) electrons. The second-order valence-corrected chi connectivity index (χ2v) is 5.54. The standard InChI is InChI=1S/C17H19N3O3/c1-12(2)16(13-7-4-3-5-8-13)19-17(21)18-14-9-6-10-15(11-14)20(22)23/h3-12,16H,1-2H3,(H2,18,19,21)/t16-/m0/s1. The van der Waals surface area contributed by atoms with Gasteiger partial charge in [0.1, 0.15) is 0 Å². The number of rotatable bonds is 5. The molecule has 6 nitrogen and oxygen atoms in total. The maximum atomic E-state index is 12.2. The van der Waals surface area contributed by atoms with Gasteiger partial charge in [-0.15, -0.1) is 0 Å². The van der Waals surface area contributed by atoms with Crippen LogP contribution < -0.4 is 10.6 Å². The number of benzene rings is 2. The Morgan fingerprint density at radius 1 is 1.09 bits per heavy atom. The first-order valence-corrected chi connectivity index (χ1v) is 7.34. The summed E-state index contributed by atoms with van der Waals surface area (Å²) in [7, 11) is 0. The molecule has 2 amide bonds. The zero-order valence-electron chi connectivity index (χ0n) is 13.0. The molecule has 0 heterocycles. The van der Waals surface area contributed by atoms with Crippen LogP contribution in [-0.2, 0) is 0 Å². The molecule has 2 aromatic rings. The van der Waals surface area contributed by atoms with Crippen LogP contribution in [0.25, 0.3) is 0 Å². The van der Waals surface area contributed by atoms with Crippen molar-refractivity contribution in [1.82, 2.24) is 5.32 Å². The molecule has 23 heavy (non-hydrogen) atoms. The van der Waals surface area contributed by atoms with Crippen molar-refractivity contribution in [3.63, 3.8) is 0 Å². The summed E-state index contributed by atoms with van der Waals surface area (Å²) in [6.45, 7) is 4.04. The Bertz CT molecular complexity index is 686. The number of hydrogen-bond acceptors (Lipinski definition) is 3. The fraction of sp³-hybridized carbons (Fsp3) is 0.235. The maximum Gasteiger partial charge on any atom is 0.319 e.